The lowest BCUT2D eigenvalue weighted by atomic mass is 10.0. The first-order valence-corrected chi connectivity index (χ1v) is 9.57. The summed E-state index contributed by atoms with van der Waals surface area (Å²) in [4.78, 5) is 50.3. The van der Waals surface area contributed by atoms with E-state index in [4.69, 9.17) is 5.73 Å². The zero-order valence-electron chi connectivity index (χ0n) is 16.2. The van der Waals surface area contributed by atoms with Crippen LogP contribution in [0.5, 0.6) is 0 Å². The van der Waals surface area contributed by atoms with E-state index in [9.17, 15) is 23.6 Å². The first-order valence-electron chi connectivity index (χ1n) is 9.57. The highest BCUT2D eigenvalue weighted by atomic mass is 19.1. The molecular formula is C22H22FN3O4. The van der Waals surface area contributed by atoms with Gasteiger partial charge < -0.3 is 16.0 Å². The van der Waals surface area contributed by atoms with Crippen molar-refractivity contribution in [1.29, 1.82) is 0 Å². The quantitative estimate of drug-likeness (QED) is 0.634. The molecule has 7 nitrogen and oxygen atoms in total. The van der Waals surface area contributed by atoms with Gasteiger partial charge >= 0.3 is 0 Å². The zero-order chi connectivity index (χ0) is 21.7. The van der Waals surface area contributed by atoms with Gasteiger partial charge in [-0.15, -0.1) is 0 Å². The fourth-order valence-electron chi connectivity index (χ4n) is 3.49. The molecule has 0 aliphatic carbocycles. The number of nitrogens with two attached hydrogens (primary N) is 1. The number of benzene rings is 2. The van der Waals surface area contributed by atoms with E-state index in [2.05, 4.69) is 5.32 Å². The van der Waals surface area contributed by atoms with Crippen LogP contribution in [0.4, 0.5) is 4.39 Å². The van der Waals surface area contributed by atoms with Gasteiger partial charge in [0.25, 0.3) is 5.91 Å². The summed E-state index contributed by atoms with van der Waals surface area (Å²) in [6, 6.07) is 12.7. The molecule has 30 heavy (non-hydrogen) atoms. The van der Waals surface area contributed by atoms with E-state index in [0.29, 0.717) is 5.56 Å². The molecule has 8 heteroatoms. The summed E-state index contributed by atoms with van der Waals surface area (Å²) < 4.78 is 13.1. The van der Waals surface area contributed by atoms with Crippen LogP contribution in [0.15, 0.2) is 54.6 Å². The van der Waals surface area contributed by atoms with Crippen LogP contribution in [-0.2, 0) is 32.1 Å². The predicted octanol–water partition coefficient (Wildman–Crippen LogP) is 1.10. The van der Waals surface area contributed by atoms with Crippen molar-refractivity contribution in [2.75, 3.05) is 0 Å². The van der Waals surface area contributed by atoms with Gasteiger partial charge in [-0.05, 0) is 29.7 Å². The number of carbonyl (C=O) groups is 4. The summed E-state index contributed by atoms with van der Waals surface area (Å²) in [5, 5.41) is 2.59. The standard InChI is InChI=1S/C22H22FN3O4/c23-16-8-6-15(7-9-16)13-26-18(10-11-19(26)27)22(30)25-17(20(28)21(24)29)12-14-4-2-1-3-5-14/h1-9,17-18H,10-13H2,(H2,24,29)(H,25,30). The van der Waals surface area contributed by atoms with E-state index < -0.39 is 35.5 Å². The van der Waals surface area contributed by atoms with Gasteiger partial charge in [-0.2, -0.15) is 0 Å². The average Bonchev–Trinajstić information content (AvgIpc) is 3.09. The Kier molecular flexibility index (Phi) is 6.56. The molecule has 0 aromatic heterocycles. The van der Waals surface area contributed by atoms with Crippen molar-refractivity contribution in [2.45, 2.75) is 37.9 Å². The van der Waals surface area contributed by atoms with Crippen LogP contribution in [0.1, 0.15) is 24.0 Å². The van der Waals surface area contributed by atoms with E-state index in [1.54, 1.807) is 36.4 Å². The van der Waals surface area contributed by atoms with Gasteiger partial charge in [0.2, 0.25) is 17.6 Å². The lowest BCUT2D eigenvalue weighted by Gasteiger charge is -2.26. The second kappa shape index (κ2) is 9.30. The van der Waals surface area contributed by atoms with Crippen LogP contribution in [0, 0.1) is 5.82 Å². The molecule has 0 bridgehead atoms. The molecule has 1 saturated heterocycles. The molecule has 2 aromatic carbocycles. The second-order valence-corrected chi connectivity index (χ2v) is 7.18. The fourth-order valence-corrected chi connectivity index (χ4v) is 3.49. The Morgan fingerprint density at radius 1 is 1.07 bits per heavy atom. The van der Waals surface area contributed by atoms with Gasteiger partial charge in [0.15, 0.2) is 0 Å². The molecule has 0 spiro atoms. The minimum atomic E-state index is -1.14. The Balaban J connectivity index is 1.74. The van der Waals surface area contributed by atoms with Crippen LogP contribution in [0.3, 0.4) is 0 Å². The summed E-state index contributed by atoms with van der Waals surface area (Å²) in [7, 11) is 0. The number of hydrogen-bond donors (Lipinski definition) is 2. The van der Waals surface area contributed by atoms with Crippen molar-refractivity contribution in [3.05, 3.63) is 71.5 Å². The summed E-state index contributed by atoms with van der Waals surface area (Å²) in [5.41, 5.74) is 6.58. The number of amides is 3. The molecular weight excluding hydrogens is 389 g/mol. The third kappa shape index (κ3) is 5.08. The molecule has 1 fully saturated rings. The first kappa shape index (κ1) is 21.2. The molecule has 0 radical (unpaired) electrons. The normalized spacial score (nSPS) is 16.9. The Hall–Kier alpha value is -3.55. The molecule has 2 aromatic rings. The highest BCUT2D eigenvalue weighted by Gasteiger charge is 2.38. The van der Waals surface area contributed by atoms with Crippen LogP contribution in [0.25, 0.3) is 0 Å². The third-order valence-corrected chi connectivity index (χ3v) is 5.06. The number of nitrogens with one attached hydrogen (secondary N) is 1. The molecule has 1 aliphatic heterocycles. The van der Waals surface area contributed by atoms with Gasteiger partial charge in [-0.3, -0.25) is 19.2 Å². The topological polar surface area (TPSA) is 110 Å². The average molecular weight is 411 g/mol. The van der Waals surface area contributed by atoms with Crippen LogP contribution in [-0.4, -0.2) is 40.5 Å². The largest absolute Gasteiger partial charge is 0.363 e. The molecule has 3 N–H and O–H groups in total. The lowest BCUT2D eigenvalue weighted by molar-refractivity contribution is -0.140. The Morgan fingerprint density at radius 3 is 2.37 bits per heavy atom. The third-order valence-electron chi connectivity index (χ3n) is 5.06. The van der Waals surface area contributed by atoms with E-state index in [1.807, 2.05) is 6.07 Å². The molecule has 0 saturated carbocycles. The number of rotatable bonds is 8. The summed E-state index contributed by atoms with van der Waals surface area (Å²) in [6.45, 7) is 0.143. The molecule has 2 unspecified atom stereocenters. The number of Topliss-reactive ketones (excluding diaryl/α,β-unsaturated/α-hetero) is 1. The van der Waals surface area contributed by atoms with Crippen molar-refractivity contribution >= 4 is 23.5 Å². The number of ketones is 1. The highest BCUT2D eigenvalue weighted by Crippen LogP contribution is 2.22. The second-order valence-electron chi connectivity index (χ2n) is 7.18. The van der Waals surface area contributed by atoms with Crippen molar-refractivity contribution in [2.24, 2.45) is 5.73 Å². The van der Waals surface area contributed by atoms with E-state index in [1.165, 1.54) is 17.0 Å². The van der Waals surface area contributed by atoms with Gasteiger partial charge in [0, 0.05) is 19.4 Å². The van der Waals surface area contributed by atoms with E-state index in [-0.39, 0.29) is 31.7 Å². The maximum absolute atomic E-state index is 13.1. The Morgan fingerprint density at radius 2 is 1.73 bits per heavy atom. The molecule has 3 amide bonds. The fraction of sp³-hybridized carbons (Fsp3) is 0.273. The Labute approximate surface area is 173 Å². The monoisotopic (exact) mass is 411 g/mol. The first-order chi connectivity index (χ1) is 14.3. The smallest absolute Gasteiger partial charge is 0.287 e. The lowest BCUT2D eigenvalue weighted by Crippen LogP contribution is -2.53. The van der Waals surface area contributed by atoms with Crippen molar-refractivity contribution in [3.63, 3.8) is 0 Å². The molecule has 3 rings (SSSR count). The van der Waals surface area contributed by atoms with Crippen LogP contribution in [0.2, 0.25) is 0 Å². The minimum Gasteiger partial charge on any atom is -0.363 e. The number of carbonyl (C=O) groups excluding carboxylic acids is 4. The maximum atomic E-state index is 13.1. The molecule has 2 atom stereocenters. The SMILES string of the molecule is NC(=O)C(=O)C(Cc1ccccc1)NC(=O)C1CCC(=O)N1Cc1ccc(F)cc1. The van der Waals surface area contributed by atoms with E-state index >= 15 is 0 Å². The molecule has 1 heterocycles. The minimum absolute atomic E-state index is 0.104. The van der Waals surface area contributed by atoms with Crippen molar-refractivity contribution in [3.8, 4) is 0 Å². The van der Waals surface area contributed by atoms with Gasteiger partial charge in [0.05, 0.1) is 0 Å². The van der Waals surface area contributed by atoms with Gasteiger partial charge in [0.1, 0.15) is 17.9 Å². The summed E-state index contributed by atoms with van der Waals surface area (Å²) in [5.74, 6) is -3.17. The van der Waals surface area contributed by atoms with Gasteiger partial charge in [-0.1, -0.05) is 42.5 Å². The number of likely N-dealkylation sites (tertiary alicyclic amines) is 1. The summed E-state index contributed by atoms with van der Waals surface area (Å²) >= 11 is 0. The maximum Gasteiger partial charge on any atom is 0.287 e. The van der Waals surface area contributed by atoms with E-state index in [0.717, 1.165) is 5.56 Å². The Bertz CT molecular complexity index is 947. The number of halogens is 1. The van der Waals surface area contributed by atoms with Crippen LogP contribution >= 0.6 is 0 Å². The summed E-state index contributed by atoms with van der Waals surface area (Å²) in [6.07, 6.45) is 0.577. The van der Waals surface area contributed by atoms with Crippen molar-refractivity contribution < 1.29 is 23.6 Å². The zero-order valence-corrected chi connectivity index (χ0v) is 16.2. The molecule has 156 valence electrons. The molecule has 1 aliphatic rings. The number of nitrogens with zero attached hydrogens (tertiary/aromatic N) is 1. The number of hydrogen-bond acceptors (Lipinski definition) is 4. The predicted molar refractivity (Wildman–Crippen MR) is 106 cm³/mol. The van der Waals surface area contributed by atoms with Crippen molar-refractivity contribution in [1.82, 2.24) is 10.2 Å². The number of primary amides is 1. The van der Waals surface area contributed by atoms with Gasteiger partial charge in [-0.25, -0.2) is 4.39 Å². The van der Waals surface area contributed by atoms with Crippen LogP contribution < -0.4 is 11.1 Å². The highest BCUT2D eigenvalue weighted by molar-refractivity contribution is 6.37.